The summed E-state index contributed by atoms with van der Waals surface area (Å²) in [6, 6.07) is 0. The minimum Gasteiger partial charge on any atom is -0.380 e. The molecule has 0 spiro atoms. The van der Waals surface area contributed by atoms with Gasteiger partial charge in [-0.25, -0.2) is 8.42 Å². The van der Waals surface area contributed by atoms with Crippen molar-refractivity contribution in [1.82, 2.24) is 0 Å². The highest BCUT2D eigenvalue weighted by atomic mass is 32.2. The van der Waals surface area contributed by atoms with Crippen molar-refractivity contribution in [3.8, 4) is 0 Å². The molecule has 66 valence electrons. The fraction of sp³-hybridized carbons (Fsp3) is 1.00. The van der Waals surface area contributed by atoms with Crippen LogP contribution < -0.4 is 0 Å². The van der Waals surface area contributed by atoms with E-state index in [-0.39, 0.29) is 23.0 Å². The summed E-state index contributed by atoms with van der Waals surface area (Å²) in [4.78, 5) is 0. The molecule has 11 heavy (non-hydrogen) atoms. The Hall–Kier alpha value is -0.0900. The Bertz CT molecular complexity index is 232. The van der Waals surface area contributed by atoms with E-state index in [1.54, 1.807) is 14.0 Å². The van der Waals surface area contributed by atoms with E-state index in [4.69, 9.17) is 4.74 Å². The van der Waals surface area contributed by atoms with Gasteiger partial charge in [-0.3, -0.25) is 0 Å². The van der Waals surface area contributed by atoms with Gasteiger partial charge in [-0.15, -0.1) is 0 Å². The van der Waals surface area contributed by atoms with Crippen LogP contribution in [0, 0.1) is 5.92 Å². The summed E-state index contributed by atoms with van der Waals surface area (Å²) >= 11 is 0. The molecular formula is C7H14O3S. The number of rotatable bonds is 1. The molecule has 3 nitrogen and oxygen atoms in total. The molecule has 1 heterocycles. The van der Waals surface area contributed by atoms with Crippen LogP contribution in [-0.2, 0) is 14.6 Å². The van der Waals surface area contributed by atoms with Crippen molar-refractivity contribution in [2.45, 2.75) is 25.2 Å². The number of methoxy groups -OCH3 is 1. The van der Waals surface area contributed by atoms with Gasteiger partial charge in [0.05, 0.1) is 17.1 Å². The van der Waals surface area contributed by atoms with E-state index in [1.165, 1.54) is 0 Å². The first-order chi connectivity index (χ1) is 4.99. The van der Waals surface area contributed by atoms with Gasteiger partial charge in [0.25, 0.3) is 0 Å². The zero-order chi connectivity index (χ0) is 8.65. The molecule has 1 saturated heterocycles. The minimum atomic E-state index is -2.86. The standard InChI is InChI=1S/C7H14O3S/c1-5-4-11(8,9)6(2)7(5)10-3/h5-7H,4H2,1-3H3. The molecule has 0 aliphatic carbocycles. The van der Waals surface area contributed by atoms with Gasteiger partial charge < -0.3 is 4.74 Å². The van der Waals surface area contributed by atoms with Gasteiger partial charge in [0.15, 0.2) is 9.84 Å². The first-order valence-electron chi connectivity index (χ1n) is 3.73. The zero-order valence-corrected chi connectivity index (χ0v) is 7.89. The summed E-state index contributed by atoms with van der Waals surface area (Å²) in [7, 11) is -1.29. The molecule has 1 fully saturated rings. The van der Waals surface area contributed by atoms with Crippen molar-refractivity contribution >= 4 is 9.84 Å². The van der Waals surface area contributed by atoms with Crippen LogP contribution in [0.25, 0.3) is 0 Å². The third kappa shape index (κ3) is 1.42. The van der Waals surface area contributed by atoms with Crippen LogP contribution in [0.1, 0.15) is 13.8 Å². The number of hydrogen-bond donors (Lipinski definition) is 0. The Morgan fingerprint density at radius 1 is 1.36 bits per heavy atom. The van der Waals surface area contributed by atoms with Gasteiger partial charge in [0.2, 0.25) is 0 Å². The Morgan fingerprint density at radius 3 is 2.09 bits per heavy atom. The Morgan fingerprint density at radius 2 is 1.91 bits per heavy atom. The topological polar surface area (TPSA) is 43.4 Å². The van der Waals surface area contributed by atoms with Crippen molar-refractivity contribution in [3.05, 3.63) is 0 Å². The summed E-state index contributed by atoms with van der Waals surface area (Å²) in [6.45, 7) is 3.63. The smallest absolute Gasteiger partial charge is 0.155 e. The molecule has 0 saturated carbocycles. The molecule has 0 aromatic rings. The van der Waals surface area contributed by atoms with Crippen LogP contribution >= 0.6 is 0 Å². The van der Waals surface area contributed by atoms with Gasteiger partial charge in [-0.2, -0.15) is 0 Å². The lowest BCUT2D eigenvalue weighted by Crippen LogP contribution is -2.26. The molecule has 1 aliphatic rings. The highest BCUT2D eigenvalue weighted by Gasteiger charge is 2.42. The summed E-state index contributed by atoms with van der Waals surface area (Å²) in [5, 5.41) is -0.331. The van der Waals surface area contributed by atoms with Crippen LogP contribution in [0.5, 0.6) is 0 Å². The summed E-state index contributed by atoms with van der Waals surface area (Å²) in [5.41, 5.74) is 0. The first-order valence-corrected chi connectivity index (χ1v) is 5.45. The molecule has 0 bridgehead atoms. The molecule has 3 atom stereocenters. The molecule has 0 amide bonds. The Balaban J connectivity index is 2.88. The number of hydrogen-bond acceptors (Lipinski definition) is 3. The Kier molecular flexibility index (Phi) is 2.25. The van der Waals surface area contributed by atoms with Gasteiger partial charge >= 0.3 is 0 Å². The average molecular weight is 178 g/mol. The second kappa shape index (κ2) is 2.75. The molecule has 3 unspecified atom stereocenters. The van der Waals surface area contributed by atoms with Gasteiger partial charge in [0, 0.05) is 7.11 Å². The van der Waals surface area contributed by atoms with Crippen molar-refractivity contribution in [2.24, 2.45) is 5.92 Å². The van der Waals surface area contributed by atoms with Crippen LogP contribution in [0.3, 0.4) is 0 Å². The highest BCUT2D eigenvalue weighted by Crippen LogP contribution is 2.27. The lowest BCUT2D eigenvalue weighted by molar-refractivity contribution is 0.0747. The minimum absolute atomic E-state index is 0.111. The molecule has 0 aromatic heterocycles. The predicted octanol–water partition coefficient (Wildman–Crippen LogP) is 0.454. The SMILES string of the molecule is COC1C(C)CS(=O)(=O)C1C. The third-order valence-electron chi connectivity index (χ3n) is 2.36. The van der Waals surface area contributed by atoms with Gasteiger partial charge in [0.1, 0.15) is 0 Å². The molecule has 0 radical (unpaired) electrons. The Labute approximate surface area is 67.7 Å². The van der Waals surface area contributed by atoms with Crippen LogP contribution in [0.15, 0.2) is 0 Å². The first kappa shape index (κ1) is 9.00. The van der Waals surface area contributed by atoms with Crippen LogP contribution in [0.4, 0.5) is 0 Å². The van der Waals surface area contributed by atoms with Gasteiger partial charge in [-0.1, -0.05) is 6.92 Å². The fourth-order valence-corrected chi connectivity index (χ4v) is 3.72. The third-order valence-corrected chi connectivity index (χ3v) is 4.75. The molecule has 4 heteroatoms. The van der Waals surface area contributed by atoms with E-state index in [0.717, 1.165) is 0 Å². The monoisotopic (exact) mass is 178 g/mol. The average Bonchev–Trinajstić information content (AvgIpc) is 2.04. The van der Waals surface area contributed by atoms with Crippen molar-refractivity contribution in [2.75, 3.05) is 12.9 Å². The van der Waals surface area contributed by atoms with Crippen LogP contribution in [-0.4, -0.2) is 32.6 Å². The lowest BCUT2D eigenvalue weighted by Gasteiger charge is -2.15. The molecule has 0 N–H and O–H groups in total. The molecule has 1 rings (SSSR count). The quantitative estimate of drug-likeness (QED) is 0.585. The predicted molar refractivity (Wildman–Crippen MR) is 43.2 cm³/mol. The van der Waals surface area contributed by atoms with Crippen LogP contribution in [0.2, 0.25) is 0 Å². The lowest BCUT2D eigenvalue weighted by atomic mass is 10.1. The normalized spacial score (nSPS) is 42.6. The second-order valence-electron chi connectivity index (χ2n) is 3.21. The largest absolute Gasteiger partial charge is 0.380 e. The van der Waals surface area contributed by atoms with Gasteiger partial charge in [-0.05, 0) is 12.8 Å². The maximum absolute atomic E-state index is 11.3. The molecule has 1 aliphatic heterocycles. The highest BCUT2D eigenvalue weighted by molar-refractivity contribution is 7.92. The maximum atomic E-state index is 11.3. The fourth-order valence-electron chi connectivity index (χ4n) is 1.70. The summed E-state index contributed by atoms with van der Waals surface area (Å²) in [6.07, 6.45) is -0.111. The summed E-state index contributed by atoms with van der Waals surface area (Å²) in [5.74, 6) is 0.409. The van der Waals surface area contributed by atoms with E-state index < -0.39 is 9.84 Å². The van der Waals surface area contributed by atoms with Crippen molar-refractivity contribution in [1.29, 1.82) is 0 Å². The second-order valence-corrected chi connectivity index (χ2v) is 5.61. The number of ether oxygens (including phenoxy) is 1. The van der Waals surface area contributed by atoms with E-state index in [0.29, 0.717) is 0 Å². The summed E-state index contributed by atoms with van der Waals surface area (Å²) < 4.78 is 27.6. The van der Waals surface area contributed by atoms with Crippen molar-refractivity contribution < 1.29 is 13.2 Å². The van der Waals surface area contributed by atoms with E-state index in [1.807, 2.05) is 6.92 Å². The van der Waals surface area contributed by atoms with E-state index in [2.05, 4.69) is 0 Å². The van der Waals surface area contributed by atoms with E-state index in [9.17, 15) is 8.42 Å². The molecule has 0 aromatic carbocycles. The number of sulfone groups is 1. The maximum Gasteiger partial charge on any atom is 0.155 e. The molecular weight excluding hydrogens is 164 g/mol. The van der Waals surface area contributed by atoms with Crippen molar-refractivity contribution in [3.63, 3.8) is 0 Å². The zero-order valence-electron chi connectivity index (χ0n) is 7.07. The van der Waals surface area contributed by atoms with E-state index >= 15 is 0 Å².